The van der Waals surface area contributed by atoms with Crippen LogP contribution in [0.1, 0.15) is 60.8 Å². The normalized spacial score (nSPS) is 25.9. The molecule has 0 N–H and O–H groups in total. The van der Waals surface area contributed by atoms with Gasteiger partial charge < -0.3 is 0 Å². The van der Waals surface area contributed by atoms with Crippen molar-refractivity contribution < 1.29 is 9.59 Å². The van der Waals surface area contributed by atoms with E-state index in [1.807, 2.05) is 53.7 Å². The lowest BCUT2D eigenvalue weighted by Crippen LogP contribution is -2.36. The molecule has 0 aromatic carbocycles. The first-order chi connectivity index (χ1) is 11.0. The number of Topliss-reactive ketones (excluding diaryl/α,β-unsaturated/α-hetero) is 2. The van der Waals surface area contributed by atoms with E-state index >= 15 is 0 Å². The molecule has 0 aromatic heterocycles. The van der Waals surface area contributed by atoms with E-state index in [9.17, 15) is 9.59 Å². The van der Waals surface area contributed by atoms with E-state index in [1.165, 1.54) is 0 Å². The molecule has 0 heterocycles. The Morgan fingerprint density at radius 3 is 2.00 bits per heavy atom. The number of allylic oxidation sites excluding steroid dienone is 6. The number of carbonyl (C=O) groups excluding carboxylic acids is 2. The maximum atomic E-state index is 11.9. The van der Waals surface area contributed by atoms with Crippen LogP contribution < -0.4 is 0 Å². The third-order valence-electron chi connectivity index (χ3n) is 5.35. The molecule has 0 fully saturated rings. The van der Waals surface area contributed by atoms with E-state index in [-0.39, 0.29) is 17.0 Å². The highest BCUT2D eigenvalue weighted by Gasteiger charge is 2.39. The second kappa shape index (κ2) is 7.92. The SMILES string of the molecule is C=C(C)[C@@H]1CC=C(C)C(=O)C1.C=C(C)[C@@H]1CC=C(C)C(=O)C1(C)C. The molecule has 2 nitrogen and oxygen atoms in total. The zero-order valence-electron chi connectivity index (χ0n) is 16.2. The minimum Gasteiger partial charge on any atom is -0.295 e. The first-order valence-corrected chi connectivity index (χ1v) is 8.70. The maximum Gasteiger partial charge on any atom is 0.164 e. The zero-order chi connectivity index (χ0) is 18.7. The molecule has 0 saturated heterocycles. The van der Waals surface area contributed by atoms with Crippen LogP contribution in [0.5, 0.6) is 0 Å². The molecule has 0 bridgehead atoms. The molecule has 2 atom stereocenters. The van der Waals surface area contributed by atoms with Crippen LogP contribution >= 0.6 is 0 Å². The van der Waals surface area contributed by atoms with Gasteiger partial charge in [-0.1, -0.05) is 50.3 Å². The fourth-order valence-corrected chi connectivity index (χ4v) is 3.44. The summed E-state index contributed by atoms with van der Waals surface area (Å²) in [6.07, 6.45) is 6.67. The molecule has 0 radical (unpaired) electrons. The van der Waals surface area contributed by atoms with Gasteiger partial charge in [0.2, 0.25) is 0 Å². The second-order valence-corrected chi connectivity index (χ2v) is 7.87. The molecule has 0 aliphatic heterocycles. The first kappa shape index (κ1) is 20.3. The van der Waals surface area contributed by atoms with Crippen LogP contribution in [0.25, 0.3) is 0 Å². The molecule has 0 aromatic rings. The lowest BCUT2D eigenvalue weighted by atomic mass is 9.66. The largest absolute Gasteiger partial charge is 0.295 e. The smallest absolute Gasteiger partial charge is 0.164 e. The van der Waals surface area contributed by atoms with Gasteiger partial charge in [0, 0.05) is 11.8 Å². The summed E-state index contributed by atoms with van der Waals surface area (Å²) in [5.74, 6) is 1.26. The maximum absolute atomic E-state index is 11.9. The Bertz CT molecular complexity index is 614. The van der Waals surface area contributed by atoms with E-state index in [2.05, 4.69) is 13.2 Å². The molecule has 0 spiro atoms. The average Bonchev–Trinajstić information content (AvgIpc) is 2.47. The Hall–Kier alpha value is -1.70. The van der Waals surface area contributed by atoms with Crippen molar-refractivity contribution in [3.8, 4) is 0 Å². The highest BCUT2D eigenvalue weighted by molar-refractivity contribution is 6.00. The predicted octanol–water partition coefficient (Wildman–Crippen LogP) is 5.61. The minimum atomic E-state index is -0.259. The van der Waals surface area contributed by atoms with Crippen molar-refractivity contribution in [3.63, 3.8) is 0 Å². The van der Waals surface area contributed by atoms with Crippen LogP contribution in [0.4, 0.5) is 0 Å². The zero-order valence-corrected chi connectivity index (χ0v) is 16.2. The van der Waals surface area contributed by atoms with Crippen LogP contribution in [-0.2, 0) is 9.59 Å². The number of hydrogen-bond donors (Lipinski definition) is 0. The number of carbonyl (C=O) groups is 2. The minimum absolute atomic E-state index is 0.259. The highest BCUT2D eigenvalue weighted by Crippen LogP contribution is 2.40. The third-order valence-corrected chi connectivity index (χ3v) is 5.35. The average molecular weight is 328 g/mol. The van der Waals surface area contributed by atoms with E-state index < -0.39 is 0 Å². The summed E-state index contributed by atoms with van der Waals surface area (Å²) in [4.78, 5) is 23.1. The molecule has 132 valence electrons. The van der Waals surface area contributed by atoms with Gasteiger partial charge in [-0.15, -0.1) is 0 Å². The van der Waals surface area contributed by atoms with E-state index in [0.717, 1.165) is 35.1 Å². The summed E-state index contributed by atoms with van der Waals surface area (Å²) in [6, 6.07) is 0. The van der Waals surface area contributed by atoms with Gasteiger partial charge in [0.1, 0.15) is 0 Å². The van der Waals surface area contributed by atoms with Gasteiger partial charge in [-0.2, -0.15) is 0 Å². The topological polar surface area (TPSA) is 34.1 Å². The summed E-state index contributed by atoms with van der Waals surface area (Å²) in [5, 5.41) is 0. The summed E-state index contributed by atoms with van der Waals surface area (Å²) < 4.78 is 0. The van der Waals surface area contributed by atoms with Gasteiger partial charge in [0.05, 0.1) is 0 Å². The quantitative estimate of drug-likeness (QED) is 0.617. The fraction of sp³-hybridized carbons (Fsp3) is 0.545. The van der Waals surface area contributed by atoms with Crippen molar-refractivity contribution in [1.29, 1.82) is 0 Å². The lowest BCUT2D eigenvalue weighted by molar-refractivity contribution is -0.125. The summed E-state index contributed by atoms with van der Waals surface area (Å²) in [5.41, 5.74) is 3.80. The molecular formula is C22H32O2. The summed E-state index contributed by atoms with van der Waals surface area (Å²) in [7, 11) is 0. The molecular weight excluding hydrogens is 296 g/mol. The Morgan fingerprint density at radius 2 is 1.54 bits per heavy atom. The molecule has 0 unspecified atom stereocenters. The molecule has 2 rings (SSSR count). The number of hydrogen-bond acceptors (Lipinski definition) is 2. The Kier molecular flexibility index (Phi) is 6.71. The van der Waals surface area contributed by atoms with E-state index in [1.54, 1.807) is 0 Å². The Balaban J connectivity index is 0.000000243. The van der Waals surface area contributed by atoms with Crippen molar-refractivity contribution in [3.05, 3.63) is 47.6 Å². The third kappa shape index (κ3) is 4.66. The van der Waals surface area contributed by atoms with E-state index in [4.69, 9.17) is 0 Å². The number of ketones is 2. The molecule has 0 saturated carbocycles. The predicted molar refractivity (Wildman–Crippen MR) is 102 cm³/mol. The van der Waals surface area contributed by atoms with Gasteiger partial charge in [0.15, 0.2) is 11.6 Å². The van der Waals surface area contributed by atoms with E-state index in [0.29, 0.717) is 18.3 Å². The summed E-state index contributed by atoms with van der Waals surface area (Å²) in [6.45, 7) is 19.6. The van der Waals surface area contributed by atoms with Gasteiger partial charge in [-0.05, 0) is 63.5 Å². The first-order valence-electron chi connectivity index (χ1n) is 8.70. The molecule has 0 amide bonds. The van der Waals surface area contributed by atoms with Crippen molar-refractivity contribution >= 4 is 11.6 Å². The Morgan fingerprint density at radius 1 is 1.00 bits per heavy atom. The van der Waals surface area contributed by atoms with Crippen molar-refractivity contribution in [2.24, 2.45) is 17.3 Å². The standard InChI is InChI=1S/C12H18O.C10H14O/c1-8(2)10-7-6-9(3)11(13)12(10,4)5;1-7(2)9-5-4-8(3)10(11)6-9/h6,10H,1,7H2,2-5H3;4,9H,1,5-6H2,2-3H3/t10-;9-/m01/s1. The summed E-state index contributed by atoms with van der Waals surface area (Å²) >= 11 is 0. The van der Waals surface area contributed by atoms with Gasteiger partial charge in [-0.3, -0.25) is 9.59 Å². The number of rotatable bonds is 2. The molecule has 2 aliphatic carbocycles. The van der Waals surface area contributed by atoms with Crippen molar-refractivity contribution in [1.82, 2.24) is 0 Å². The Labute approximate surface area is 147 Å². The van der Waals surface area contributed by atoms with Crippen molar-refractivity contribution in [2.45, 2.75) is 60.8 Å². The highest BCUT2D eigenvalue weighted by atomic mass is 16.1. The van der Waals surface area contributed by atoms with Gasteiger partial charge in [0.25, 0.3) is 0 Å². The molecule has 2 aliphatic rings. The van der Waals surface area contributed by atoms with Crippen LogP contribution in [0, 0.1) is 17.3 Å². The van der Waals surface area contributed by atoms with Crippen LogP contribution in [0.2, 0.25) is 0 Å². The second-order valence-electron chi connectivity index (χ2n) is 7.87. The van der Waals surface area contributed by atoms with Crippen LogP contribution in [0.15, 0.2) is 47.6 Å². The lowest BCUT2D eigenvalue weighted by Gasteiger charge is -2.36. The molecule has 24 heavy (non-hydrogen) atoms. The monoisotopic (exact) mass is 328 g/mol. The van der Waals surface area contributed by atoms with Gasteiger partial charge >= 0.3 is 0 Å². The fourth-order valence-electron chi connectivity index (χ4n) is 3.44. The van der Waals surface area contributed by atoms with Crippen molar-refractivity contribution in [2.75, 3.05) is 0 Å². The van der Waals surface area contributed by atoms with Crippen LogP contribution in [-0.4, -0.2) is 11.6 Å². The van der Waals surface area contributed by atoms with Gasteiger partial charge in [-0.25, -0.2) is 0 Å². The molecule has 2 heteroatoms. The van der Waals surface area contributed by atoms with Crippen LogP contribution in [0.3, 0.4) is 0 Å².